The van der Waals surface area contributed by atoms with Crippen molar-refractivity contribution in [2.75, 3.05) is 0 Å². The fraction of sp³-hybridized carbons (Fsp3) is 0.474. The minimum atomic E-state index is -3.61. The van der Waals surface area contributed by atoms with Crippen molar-refractivity contribution in [1.29, 1.82) is 5.26 Å². The highest BCUT2D eigenvalue weighted by molar-refractivity contribution is 7.94. The second-order valence-corrected chi connectivity index (χ2v) is 8.73. The largest absolute Gasteiger partial charge is 0.353 e. The number of nitrogens with zero attached hydrogens (tertiary/aromatic N) is 1. The average molecular weight is 358 g/mol. The number of benzene rings is 1. The molecule has 1 amide bonds. The van der Waals surface area contributed by atoms with Gasteiger partial charge in [0.25, 0.3) is 0 Å². The summed E-state index contributed by atoms with van der Waals surface area (Å²) in [5.74, 6) is 0.0689. The minimum Gasteiger partial charge on any atom is -0.353 e. The summed E-state index contributed by atoms with van der Waals surface area (Å²) >= 11 is 0. The van der Waals surface area contributed by atoms with Gasteiger partial charge in [-0.1, -0.05) is 31.4 Å². The molecule has 2 saturated carbocycles. The van der Waals surface area contributed by atoms with Crippen LogP contribution in [0.3, 0.4) is 0 Å². The first-order chi connectivity index (χ1) is 12.0. The Bertz CT molecular complexity index is 809. The highest BCUT2D eigenvalue weighted by Crippen LogP contribution is 2.48. The SMILES string of the molecule is N#C/C=C/S(=O)(=O)c1ccc(C2(C(=O)NC3CCCCC3)CC2)cc1. The maximum Gasteiger partial charge on any atom is 0.230 e. The molecule has 3 rings (SSSR count). The fourth-order valence-corrected chi connectivity index (χ4v) is 4.42. The van der Waals surface area contributed by atoms with Gasteiger partial charge in [0.1, 0.15) is 0 Å². The van der Waals surface area contributed by atoms with Crippen LogP contribution in [0.15, 0.2) is 40.6 Å². The number of nitriles is 1. The van der Waals surface area contributed by atoms with Gasteiger partial charge in [-0.3, -0.25) is 4.79 Å². The first kappa shape index (κ1) is 17.7. The summed E-state index contributed by atoms with van der Waals surface area (Å²) in [4.78, 5) is 12.9. The Morgan fingerprint density at radius 1 is 1.16 bits per heavy atom. The molecule has 0 aliphatic heterocycles. The Morgan fingerprint density at radius 3 is 2.36 bits per heavy atom. The van der Waals surface area contributed by atoms with Gasteiger partial charge < -0.3 is 5.32 Å². The summed E-state index contributed by atoms with van der Waals surface area (Å²) in [6.45, 7) is 0. The molecule has 0 heterocycles. The van der Waals surface area contributed by atoms with Crippen LogP contribution in [0.25, 0.3) is 0 Å². The van der Waals surface area contributed by atoms with Crippen molar-refractivity contribution in [3.63, 3.8) is 0 Å². The van der Waals surface area contributed by atoms with Crippen molar-refractivity contribution >= 4 is 15.7 Å². The number of hydrogen-bond acceptors (Lipinski definition) is 4. The van der Waals surface area contributed by atoms with E-state index in [1.807, 2.05) is 0 Å². The molecule has 0 bridgehead atoms. The third kappa shape index (κ3) is 3.77. The lowest BCUT2D eigenvalue weighted by molar-refractivity contribution is -0.124. The van der Waals surface area contributed by atoms with Gasteiger partial charge in [-0.25, -0.2) is 8.42 Å². The first-order valence-corrected chi connectivity index (χ1v) is 10.3. The zero-order valence-electron chi connectivity index (χ0n) is 14.1. The zero-order valence-corrected chi connectivity index (χ0v) is 14.9. The average Bonchev–Trinajstić information content (AvgIpc) is 3.43. The van der Waals surface area contributed by atoms with E-state index in [0.29, 0.717) is 0 Å². The van der Waals surface area contributed by atoms with E-state index in [4.69, 9.17) is 5.26 Å². The number of hydrogen-bond donors (Lipinski definition) is 1. The highest BCUT2D eigenvalue weighted by atomic mass is 32.2. The Morgan fingerprint density at radius 2 is 1.80 bits per heavy atom. The predicted molar refractivity (Wildman–Crippen MR) is 94.3 cm³/mol. The van der Waals surface area contributed by atoms with Crippen LogP contribution in [0, 0.1) is 11.3 Å². The molecule has 2 aliphatic rings. The molecule has 2 aliphatic carbocycles. The number of rotatable bonds is 5. The molecule has 2 fully saturated rings. The third-order valence-electron chi connectivity index (χ3n) is 5.18. The molecule has 6 heteroatoms. The molecule has 1 aromatic carbocycles. The van der Waals surface area contributed by atoms with E-state index in [1.165, 1.54) is 31.4 Å². The monoisotopic (exact) mass is 358 g/mol. The Hall–Kier alpha value is -2.13. The van der Waals surface area contributed by atoms with Crippen molar-refractivity contribution in [2.24, 2.45) is 0 Å². The molecule has 25 heavy (non-hydrogen) atoms. The Kier molecular flexibility index (Phi) is 4.96. The molecule has 1 aromatic rings. The first-order valence-electron chi connectivity index (χ1n) is 8.71. The van der Waals surface area contributed by atoms with E-state index in [9.17, 15) is 13.2 Å². The Balaban J connectivity index is 1.74. The van der Waals surface area contributed by atoms with E-state index in [2.05, 4.69) is 5.32 Å². The lowest BCUT2D eigenvalue weighted by Gasteiger charge is -2.25. The Labute approximate surface area is 148 Å². The normalized spacial score (nSPS) is 20.1. The molecule has 1 N–H and O–H groups in total. The quantitative estimate of drug-likeness (QED) is 0.820. The van der Waals surface area contributed by atoms with Crippen molar-refractivity contribution in [3.05, 3.63) is 41.3 Å². The number of carbonyl (C=O) groups excluding carboxylic acids is 1. The molecule has 132 valence electrons. The molecule has 0 spiro atoms. The number of amides is 1. The van der Waals surface area contributed by atoms with Crippen LogP contribution < -0.4 is 5.32 Å². The van der Waals surface area contributed by atoms with E-state index >= 15 is 0 Å². The number of allylic oxidation sites excluding steroid dienone is 1. The van der Waals surface area contributed by atoms with Gasteiger partial charge >= 0.3 is 0 Å². The second kappa shape index (κ2) is 7.01. The van der Waals surface area contributed by atoms with Crippen LogP contribution in [0.5, 0.6) is 0 Å². The standard InChI is InChI=1S/C19H22N2O3S/c20-13-4-14-25(23,24)17-9-7-15(8-10-17)19(11-12-19)18(22)21-16-5-2-1-3-6-16/h4,7-10,14,16H,1-3,5-6,11-12H2,(H,21,22)/b14-4+. The van der Waals surface area contributed by atoms with Crippen molar-refractivity contribution in [3.8, 4) is 6.07 Å². The third-order valence-corrected chi connectivity index (χ3v) is 6.61. The van der Waals surface area contributed by atoms with E-state index in [1.54, 1.807) is 18.2 Å². The lowest BCUT2D eigenvalue weighted by atomic mass is 9.92. The van der Waals surface area contributed by atoms with Crippen LogP contribution >= 0.6 is 0 Å². The van der Waals surface area contributed by atoms with Crippen molar-refractivity contribution in [2.45, 2.75) is 61.3 Å². The topological polar surface area (TPSA) is 87.0 Å². The molecule has 0 aromatic heterocycles. The van der Waals surface area contributed by atoms with Gasteiger partial charge in [0, 0.05) is 17.5 Å². The van der Waals surface area contributed by atoms with Gasteiger partial charge in [-0.05, 0) is 43.4 Å². The maximum absolute atomic E-state index is 12.7. The van der Waals surface area contributed by atoms with Gasteiger partial charge in [0.2, 0.25) is 15.7 Å². The number of sulfone groups is 1. The molecule has 0 atom stereocenters. The lowest BCUT2D eigenvalue weighted by Crippen LogP contribution is -2.42. The van der Waals surface area contributed by atoms with E-state index in [0.717, 1.165) is 42.7 Å². The summed E-state index contributed by atoms with van der Waals surface area (Å²) in [7, 11) is -3.61. The minimum absolute atomic E-state index is 0.0689. The van der Waals surface area contributed by atoms with Crippen LogP contribution in [0.1, 0.15) is 50.5 Å². The molecule has 5 nitrogen and oxygen atoms in total. The zero-order chi connectivity index (χ0) is 17.9. The summed E-state index contributed by atoms with van der Waals surface area (Å²) in [6, 6.07) is 8.43. The molecular weight excluding hydrogens is 336 g/mol. The summed E-state index contributed by atoms with van der Waals surface area (Å²) < 4.78 is 24.1. The predicted octanol–water partition coefficient (Wildman–Crippen LogP) is 2.98. The van der Waals surface area contributed by atoms with Crippen molar-refractivity contribution in [1.82, 2.24) is 5.32 Å². The number of carbonyl (C=O) groups is 1. The van der Waals surface area contributed by atoms with E-state index in [-0.39, 0.29) is 16.8 Å². The summed E-state index contributed by atoms with van der Waals surface area (Å²) in [6.07, 6.45) is 8.21. The number of nitrogens with one attached hydrogen (secondary N) is 1. The van der Waals surface area contributed by atoms with E-state index < -0.39 is 15.3 Å². The van der Waals surface area contributed by atoms with Crippen LogP contribution in [0.4, 0.5) is 0 Å². The van der Waals surface area contributed by atoms with Crippen LogP contribution in [-0.2, 0) is 20.0 Å². The van der Waals surface area contributed by atoms with Crippen LogP contribution in [-0.4, -0.2) is 20.4 Å². The second-order valence-electron chi connectivity index (χ2n) is 6.89. The molecule has 0 saturated heterocycles. The summed E-state index contributed by atoms with van der Waals surface area (Å²) in [5, 5.41) is 12.6. The summed E-state index contributed by atoms with van der Waals surface area (Å²) in [5.41, 5.74) is 0.367. The van der Waals surface area contributed by atoms with Gasteiger partial charge in [-0.15, -0.1) is 0 Å². The maximum atomic E-state index is 12.7. The van der Waals surface area contributed by atoms with Crippen molar-refractivity contribution < 1.29 is 13.2 Å². The molecule has 0 unspecified atom stereocenters. The van der Waals surface area contributed by atoms with Crippen LogP contribution in [0.2, 0.25) is 0 Å². The fourth-order valence-electron chi connectivity index (χ4n) is 3.50. The smallest absolute Gasteiger partial charge is 0.230 e. The molecule has 0 radical (unpaired) electrons. The van der Waals surface area contributed by atoms with Gasteiger partial charge in [-0.2, -0.15) is 5.26 Å². The molecular formula is C19H22N2O3S. The highest BCUT2D eigenvalue weighted by Gasteiger charge is 2.51. The van der Waals surface area contributed by atoms with Gasteiger partial charge in [0.15, 0.2) is 0 Å². The van der Waals surface area contributed by atoms with Gasteiger partial charge in [0.05, 0.1) is 16.4 Å².